The van der Waals surface area contributed by atoms with Crippen LogP contribution in [0.2, 0.25) is 25.7 Å². The van der Waals surface area contributed by atoms with E-state index in [0.717, 1.165) is 12.2 Å². The molecule has 13 nitrogen and oxygen atoms in total. The first-order valence-electron chi connectivity index (χ1n) is 14.5. The first-order valence-corrected chi connectivity index (χ1v) is 18.2. The standard InChI is InChI=1S/C27H35F6N9O4Si/c1-17(39-19-12-38-42(16-45-7-8-47(2,3)4)24(44)23(19)27(31,32)33)14-46-21-9-20(36-15-37-21)41-6-5-40(13-22(41)43)25-34-10-18(11-35-25)26(28,29)30/h9-12,15,17,22,39,43H,5-8,13-14,16H2,1-4H3/t17-,22-/m0/s1. The first-order chi connectivity index (χ1) is 21.9. The highest BCUT2D eigenvalue weighted by Gasteiger charge is 2.39. The molecule has 1 fully saturated rings. The highest BCUT2D eigenvalue weighted by atomic mass is 28.3. The molecule has 1 aliphatic heterocycles. The Balaban J connectivity index is 1.35. The average Bonchev–Trinajstić information content (AvgIpc) is 2.98. The van der Waals surface area contributed by atoms with Crippen molar-refractivity contribution in [3.05, 3.63) is 52.5 Å². The van der Waals surface area contributed by atoms with Gasteiger partial charge in [-0.15, -0.1) is 0 Å². The number of nitrogens with one attached hydrogen (secondary N) is 1. The fourth-order valence-corrected chi connectivity index (χ4v) is 5.18. The Hall–Kier alpha value is -4.04. The maximum atomic E-state index is 13.9. The van der Waals surface area contributed by atoms with Crippen molar-refractivity contribution >= 4 is 25.5 Å². The van der Waals surface area contributed by atoms with Crippen LogP contribution in [0.4, 0.5) is 43.8 Å². The van der Waals surface area contributed by atoms with E-state index in [9.17, 15) is 36.2 Å². The molecule has 4 rings (SSSR count). The number of hydrogen-bond acceptors (Lipinski definition) is 12. The zero-order valence-electron chi connectivity index (χ0n) is 26.0. The van der Waals surface area contributed by atoms with E-state index in [1.807, 2.05) is 0 Å². The van der Waals surface area contributed by atoms with E-state index in [4.69, 9.17) is 9.47 Å². The summed E-state index contributed by atoms with van der Waals surface area (Å²) in [5.74, 6) is 0.358. The van der Waals surface area contributed by atoms with Crippen LogP contribution in [0.25, 0.3) is 0 Å². The fourth-order valence-electron chi connectivity index (χ4n) is 4.42. The van der Waals surface area contributed by atoms with Crippen molar-refractivity contribution in [1.82, 2.24) is 29.7 Å². The highest BCUT2D eigenvalue weighted by Crippen LogP contribution is 2.32. The SMILES string of the molecule is C[C@@H](COc1cc(N2CCN(c3ncc(C(F)(F)F)cn3)C[C@@H]2O)ncn1)Nc1cnn(COCC[Si](C)(C)C)c(=O)c1C(F)(F)F. The minimum atomic E-state index is -4.96. The molecule has 0 radical (unpaired) electrons. The van der Waals surface area contributed by atoms with Gasteiger partial charge in [-0.2, -0.15) is 31.4 Å². The van der Waals surface area contributed by atoms with Crippen LogP contribution in [0.5, 0.6) is 5.88 Å². The van der Waals surface area contributed by atoms with Crippen LogP contribution in [0.1, 0.15) is 18.1 Å². The summed E-state index contributed by atoms with van der Waals surface area (Å²) in [5.41, 5.74) is -4.25. The number of aliphatic hydroxyl groups excluding tert-OH is 1. The molecule has 0 amide bonds. The number of anilines is 3. The fraction of sp³-hybridized carbons (Fsp3) is 0.556. The topological polar surface area (TPSA) is 144 Å². The van der Waals surface area contributed by atoms with E-state index in [2.05, 4.69) is 50.0 Å². The van der Waals surface area contributed by atoms with Gasteiger partial charge in [0, 0.05) is 46.2 Å². The molecule has 0 aromatic carbocycles. The molecule has 2 N–H and O–H groups in total. The lowest BCUT2D eigenvalue weighted by molar-refractivity contribution is -0.139. The van der Waals surface area contributed by atoms with Crippen LogP contribution in [0, 0.1) is 0 Å². The van der Waals surface area contributed by atoms with Crippen molar-refractivity contribution in [3.63, 3.8) is 0 Å². The number of rotatable bonds is 12. The summed E-state index contributed by atoms with van der Waals surface area (Å²) in [6.07, 6.45) is -7.24. The van der Waals surface area contributed by atoms with Gasteiger partial charge in [-0.25, -0.2) is 24.6 Å². The van der Waals surface area contributed by atoms with E-state index < -0.39 is 61.8 Å². The van der Waals surface area contributed by atoms with E-state index in [1.165, 1.54) is 22.2 Å². The molecule has 4 heterocycles. The van der Waals surface area contributed by atoms with Crippen LogP contribution in [0.3, 0.4) is 0 Å². The molecule has 0 bridgehead atoms. The van der Waals surface area contributed by atoms with Gasteiger partial charge in [0.05, 0.1) is 30.0 Å². The first kappa shape index (κ1) is 35.8. The summed E-state index contributed by atoms with van der Waals surface area (Å²) < 4.78 is 92.0. The van der Waals surface area contributed by atoms with Crippen molar-refractivity contribution in [2.75, 3.05) is 48.0 Å². The molecule has 0 unspecified atom stereocenters. The second-order valence-electron chi connectivity index (χ2n) is 12.0. The van der Waals surface area contributed by atoms with E-state index in [0.29, 0.717) is 23.7 Å². The number of hydrogen-bond donors (Lipinski definition) is 2. The molecule has 258 valence electrons. The van der Waals surface area contributed by atoms with Crippen LogP contribution in [0.15, 0.2) is 35.8 Å². The van der Waals surface area contributed by atoms with E-state index in [-0.39, 0.29) is 43.9 Å². The van der Waals surface area contributed by atoms with Gasteiger partial charge in [0.2, 0.25) is 11.8 Å². The summed E-state index contributed by atoms with van der Waals surface area (Å²) in [6.45, 7) is 8.05. The van der Waals surface area contributed by atoms with Gasteiger partial charge < -0.3 is 29.7 Å². The largest absolute Gasteiger partial charge is 0.475 e. The number of β-amino-alcohol motifs (C(OH)–C–C–N with tert-alkyl or cyclic N) is 1. The maximum absolute atomic E-state index is 13.9. The molecule has 3 aromatic heterocycles. The number of nitrogens with zero attached hydrogens (tertiary/aromatic N) is 8. The van der Waals surface area contributed by atoms with Gasteiger partial charge in [0.15, 0.2) is 0 Å². The van der Waals surface area contributed by atoms with Gasteiger partial charge in [0.25, 0.3) is 5.56 Å². The van der Waals surface area contributed by atoms with Crippen LogP contribution >= 0.6 is 0 Å². The molecule has 0 spiro atoms. The Morgan fingerprint density at radius 1 is 1.04 bits per heavy atom. The molecule has 20 heteroatoms. The van der Waals surface area contributed by atoms with Crippen molar-refractivity contribution in [3.8, 4) is 5.88 Å². The number of halogens is 6. The number of aliphatic hydroxyl groups is 1. The molecular formula is C27H35F6N9O4Si. The van der Waals surface area contributed by atoms with Crippen LogP contribution < -0.4 is 25.4 Å². The van der Waals surface area contributed by atoms with Gasteiger partial charge in [-0.3, -0.25) is 4.79 Å². The summed E-state index contributed by atoms with van der Waals surface area (Å²) in [6, 6.07) is 1.46. The van der Waals surface area contributed by atoms with E-state index in [1.54, 1.807) is 6.92 Å². The molecule has 0 saturated carbocycles. The molecule has 2 atom stereocenters. The lowest BCUT2D eigenvalue weighted by Gasteiger charge is -2.39. The summed E-state index contributed by atoms with van der Waals surface area (Å²) >= 11 is 0. The number of ether oxygens (including phenoxy) is 2. The second-order valence-corrected chi connectivity index (χ2v) is 17.7. The van der Waals surface area contributed by atoms with Crippen molar-refractivity contribution in [2.45, 2.75) is 64.0 Å². The predicted octanol–water partition coefficient (Wildman–Crippen LogP) is 3.70. The van der Waals surface area contributed by atoms with Crippen molar-refractivity contribution in [2.24, 2.45) is 0 Å². The molecule has 1 aliphatic rings. The third kappa shape index (κ3) is 9.73. The zero-order chi connectivity index (χ0) is 34.6. The second kappa shape index (κ2) is 14.4. The summed E-state index contributed by atoms with van der Waals surface area (Å²) in [5, 5.41) is 17.2. The van der Waals surface area contributed by atoms with Crippen LogP contribution in [-0.2, 0) is 23.8 Å². The monoisotopic (exact) mass is 691 g/mol. The normalized spacial score (nSPS) is 16.7. The minimum Gasteiger partial charge on any atom is -0.475 e. The van der Waals surface area contributed by atoms with Gasteiger partial charge in [-0.1, -0.05) is 19.6 Å². The summed E-state index contributed by atoms with van der Waals surface area (Å²) in [4.78, 5) is 31.4. The number of alkyl halides is 6. The van der Waals surface area contributed by atoms with Gasteiger partial charge >= 0.3 is 12.4 Å². The van der Waals surface area contributed by atoms with Crippen molar-refractivity contribution < 1.29 is 40.9 Å². The lowest BCUT2D eigenvalue weighted by atomic mass is 10.2. The third-order valence-electron chi connectivity index (χ3n) is 6.94. The zero-order valence-corrected chi connectivity index (χ0v) is 27.0. The Labute approximate surface area is 266 Å². The molecule has 3 aromatic rings. The average molecular weight is 692 g/mol. The Kier molecular flexibility index (Phi) is 11.0. The number of piperazine rings is 1. The third-order valence-corrected chi connectivity index (χ3v) is 8.65. The predicted molar refractivity (Wildman–Crippen MR) is 161 cm³/mol. The molecular weight excluding hydrogens is 656 g/mol. The Morgan fingerprint density at radius 2 is 1.74 bits per heavy atom. The van der Waals surface area contributed by atoms with Crippen molar-refractivity contribution in [1.29, 1.82) is 0 Å². The van der Waals surface area contributed by atoms with Crippen LogP contribution in [-0.4, -0.2) is 88.0 Å². The minimum absolute atomic E-state index is 0.0249. The maximum Gasteiger partial charge on any atom is 0.423 e. The summed E-state index contributed by atoms with van der Waals surface area (Å²) in [7, 11) is -1.43. The quantitative estimate of drug-likeness (QED) is 0.162. The highest BCUT2D eigenvalue weighted by molar-refractivity contribution is 6.76. The lowest BCUT2D eigenvalue weighted by Crippen LogP contribution is -2.54. The van der Waals surface area contributed by atoms with Gasteiger partial charge in [-0.05, 0) is 13.0 Å². The van der Waals surface area contributed by atoms with Gasteiger partial charge in [0.1, 0.15) is 37.3 Å². The Morgan fingerprint density at radius 3 is 2.36 bits per heavy atom. The Bertz CT molecular complexity index is 1550. The van der Waals surface area contributed by atoms with E-state index >= 15 is 0 Å². The molecule has 1 saturated heterocycles. The number of aromatic nitrogens is 6. The smallest absolute Gasteiger partial charge is 0.423 e. The molecule has 0 aliphatic carbocycles. The molecule has 47 heavy (non-hydrogen) atoms.